The lowest BCUT2D eigenvalue weighted by Crippen LogP contribution is -2.37. The molecule has 4 rings (SSSR count). The summed E-state index contributed by atoms with van der Waals surface area (Å²) in [5.41, 5.74) is 0.831. The van der Waals surface area contributed by atoms with Crippen LogP contribution in [-0.4, -0.2) is 23.0 Å². The van der Waals surface area contributed by atoms with Gasteiger partial charge in [-0.15, -0.1) is 13.2 Å². The molecule has 0 aromatic heterocycles. The van der Waals surface area contributed by atoms with E-state index in [9.17, 15) is 23.1 Å². The number of nitrogens with one attached hydrogen (secondary N) is 1. The molecule has 2 aromatic carbocycles. The van der Waals surface area contributed by atoms with E-state index >= 15 is 0 Å². The Labute approximate surface area is 187 Å². The Hall–Kier alpha value is -2.87. The molecule has 9 heteroatoms. The number of benzene rings is 2. The summed E-state index contributed by atoms with van der Waals surface area (Å²) < 4.78 is 47.6. The molecule has 0 fully saturated rings. The van der Waals surface area contributed by atoms with Crippen molar-refractivity contribution in [1.82, 2.24) is 0 Å². The average Bonchev–Trinajstić information content (AvgIpc) is 3.16. The largest absolute Gasteiger partial charge is 0.573 e. The lowest BCUT2D eigenvalue weighted by Gasteiger charge is -2.38. The maximum atomic E-state index is 12.6. The van der Waals surface area contributed by atoms with Gasteiger partial charge >= 0.3 is 12.3 Å². The van der Waals surface area contributed by atoms with Gasteiger partial charge in [0.25, 0.3) is 0 Å². The molecular weight excluding hydrogens is 447 g/mol. The average molecular weight is 468 g/mol. The quantitative estimate of drug-likeness (QED) is 0.504. The summed E-state index contributed by atoms with van der Waals surface area (Å²) in [7, 11) is 0. The number of carbonyl (C=O) groups is 1. The van der Waals surface area contributed by atoms with E-state index in [4.69, 9.17) is 16.3 Å². The highest BCUT2D eigenvalue weighted by Gasteiger charge is 2.40. The van der Waals surface area contributed by atoms with E-state index in [1.807, 2.05) is 12.2 Å². The molecule has 0 bridgehead atoms. The van der Waals surface area contributed by atoms with Gasteiger partial charge in [-0.1, -0.05) is 29.8 Å². The van der Waals surface area contributed by atoms with Crippen molar-refractivity contribution in [2.24, 2.45) is 5.92 Å². The second kappa shape index (κ2) is 7.92. The van der Waals surface area contributed by atoms with E-state index < -0.39 is 17.9 Å². The molecule has 0 amide bonds. The van der Waals surface area contributed by atoms with Gasteiger partial charge in [-0.05, 0) is 67.6 Å². The monoisotopic (exact) mass is 467 g/mol. The number of carboxylic acid groups (broad SMARTS) is 1. The van der Waals surface area contributed by atoms with Gasteiger partial charge in [-0.25, -0.2) is 4.79 Å². The first-order valence-electron chi connectivity index (χ1n) is 9.99. The van der Waals surface area contributed by atoms with Gasteiger partial charge in [-0.3, -0.25) is 0 Å². The summed E-state index contributed by atoms with van der Waals surface area (Å²) in [5, 5.41) is 13.1. The smallest absolute Gasteiger partial charge is 0.478 e. The minimum Gasteiger partial charge on any atom is -0.478 e. The summed E-state index contributed by atoms with van der Waals surface area (Å²) in [6.07, 6.45) is -0.0181. The second-order valence-electron chi connectivity index (χ2n) is 8.37. The first kappa shape index (κ1) is 22.3. The van der Waals surface area contributed by atoms with E-state index in [1.165, 1.54) is 26.0 Å². The van der Waals surface area contributed by atoms with Crippen LogP contribution >= 0.6 is 11.6 Å². The van der Waals surface area contributed by atoms with Crippen molar-refractivity contribution in [3.05, 3.63) is 64.7 Å². The van der Waals surface area contributed by atoms with Crippen LogP contribution in [0.25, 0.3) is 0 Å². The molecule has 2 aliphatic rings. The maximum absolute atomic E-state index is 12.6. The van der Waals surface area contributed by atoms with Gasteiger partial charge in [0.2, 0.25) is 0 Å². The third-order valence-electron chi connectivity index (χ3n) is 5.76. The summed E-state index contributed by atoms with van der Waals surface area (Å²) in [5.74, 6) is -1.07. The Morgan fingerprint density at radius 1 is 1.09 bits per heavy atom. The van der Waals surface area contributed by atoms with Crippen molar-refractivity contribution in [2.45, 2.75) is 44.2 Å². The van der Waals surface area contributed by atoms with E-state index in [-0.39, 0.29) is 23.6 Å². The molecule has 2 N–H and O–H groups in total. The predicted octanol–water partition coefficient (Wildman–Crippen LogP) is 6.31. The lowest BCUT2D eigenvalue weighted by molar-refractivity contribution is -0.274. The number of carboxylic acids is 1. The number of hydrogen-bond donors (Lipinski definition) is 2. The fraction of sp³-hybridized carbons (Fsp3) is 0.348. The Morgan fingerprint density at radius 2 is 1.78 bits per heavy atom. The topological polar surface area (TPSA) is 67.8 Å². The molecule has 0 saturated heterocycles. The van der Waals surface area contributed by atoms with Crippen LogP contribution in [0, 0.1) is 5.92 Å². The maximum Gasteiger partial charge on any atom is 0.573 e. The highest BCUT2D eigenvalue weighted by atomic mass is 35.5. The molecule has 32 heavy (non-hydrogen) atoms. The van der Waals surface area contributed by atoms with Gasteiger partial charge in [0, 0.05) is 16.6 Å². The molecule has 0 radical (unpaired) electrons. The number of fused-ring (bicyclic) bond motifs is 3. The lowest BCUT2D eigenvalue weighted by atomic mass is 9.77. The molecule has 0 saturated carbocycles. The summed E-state index contributed by atoms with van der Waals surface area (Å²) in [6, 6.07) is 9.12. The molecule has 1 aliphatic heterocycles. The molecule has 3 atom stereocenters. The van der Waals surface area contributed by atoms with E-state index in [0.29, 0.717) is 16.5 Å². The Morgan fingerprint density at radius 3 is 2.44 bits per heavy atom. The standard InChI is InChI=1S/C23H21ClF3NO4/c1-22(2,21(29)30)31-13-6-8-16(18(24)11-13)20-15-5-3-4-14(15)17-10-12(32-23(25,26)27)7-9-19(17)28-20/h3-4,6-11,14-15,20,28H,5H2,1-2H3,(H,29,30). The zero-order valence-corrected chi connectivity index (χ0v) is 18.0. The normalized spacial score (nSPS) is 22.0. The van der Waals surface area contributed by atoms with Crippen LogP contribution in [-0.2, 0) is 4.79 Å². The first-order chi connectivity index (χ1) is 14.9. The van der Waals surface area contributed by atoms with Crippen LogP contribution in [0.15, 0.2) is 48.6 Å². The van der Waals surface area contributed by atoms with Crippen molar-refractivity contribution in [1.29, 1.82) is 0 Å². The fourth-order valence-electron chi connectivity index (χ4n) is 4.24. The summed E-state index contributed by atoms with van der Waals surface area (Å²) in [6.45, 7) is 2.89. The van der Waals surface area contributed by atoms with Crippen molar-refractivity contribution in [3.63, 3.8) is 0 Å². The minimum absolute atomic E-state index is 0.0448. The zero-order chi connectivity index (χ0) is 23.3. The Kier molecular flexibility index (Phi) is 5.53. The van der Waals surface area contributed by atoms with Crippen molar-refractivity contribution in [3.8, 4) is 11.5 Å². The highest BCUT2D eigenvalue weighted by Crippen LogP contribution is 2.51. The molecule has 1 heterocycles. The van der Waals surface area contributed by atoms with Gasteiger partial charge in [-0.2, -0.15) is 0 Å². The third kappa shape index (κ3) is 4.37. The number of halogens is 4. The zero-order valence-electron chi connectivity index (χ0n) is 17.2. The number of anilines is 1. The number of ether oxygens (including phenoxy) is 2. The highest BCUT2D eigenvalue weighted by molar-refractivity contribution is 6.31. The molecule has 1 aliphatic carbocycles. The van der Waals surface area contributed by atoms with E-state index in [1.54, 1.807) is 24.3 Å². The van der Waals surface area contributed by atoms with Crippen LogP contribution in [0.3, 0.4) is 0 Å². The van der Waals surface area contributed by atoms with Crippen LogP contribution in [0.2, 0.25) is 5.02 Å². The van der Waals surface area contributed by atoms with Gasteiger partial charge in [0.05, 0.1) is 6.04 Å². The van der Waals surface area contributed by atoms with E-state index in [2.05, 4.69) is 10.1 Å². The second-order valence-corrected chi connectivity index (χ2v) is 8.78. The third-order valence-corrected chi connectivity index (χ3v) is 6.09. The molecule has 2 aromatic rings. The van der Waals surface area contributed by atoms with E-state index in [0.717, 1.165) is 17.5 Å². The molecule has 3 unspecified atom stereocenters. The minimum atomic E-state index is -4.75. The van der Waals surface area contributed by atoms with Crippen LogP contribution in [0.4, 0.5) is 18.9 Å². The molecule has 0 spiro atoms. The number of hydrogen-bond acceptors (Lipinski definition) is 4. The van der Waals surface area contributed by atoms with Crippen molar-refractivity contribution >= 4 is 23.3 Å². The van der Waals surface area contributed by atoms with Crippen LogP contribution in [0.1, 0.15) is 43.4 Å². The fourth-order valence-corrected chi connectivity index (χ4v) is 4.53. The van der Waals surface area contributed by atoms with Crippen LogP contribution < -0.4 is 14.8 Å². The van der Waals surface area contributed by atoms with Gasteiger partial charge < -0.3 is 19.9 Å². The molecule has 5 nitrogen and oxygen atoms in total. The predicted molar refractivity (Wildman–Crippen MR) is 113 cm³/mol. The van der Waals surface area contributed by atoms with Crippen molar-refractivity contribution < 1.29 is 32.5 Å². The molecular formula is C23H21ClF3NO4. The number of alkyl halides is 3. The van der Waals surface area contributed by atoms with Crippen LogP contribution in [0.5, 0.6) is 11.5 Å². The first-order valence-corrected chi connectivity index (χ1v) is 10.4. The number of rotatable bonds is 5. The van der Waals surface area contributed by atoms with Gasteiger partial charge in [0.1, 0.15) is 11.5 Å². The summed E-state index contributed by atoms with van der Waals surface area (Å²) in [4.78, 5) is 11.3. The van der Waals surface area contributed by atoms with Crippen molar-refractivity contribution in [2.75, 3.05) is 5.32 Å². The summed E-state index contributed by atoms with van der Waals surface area (Å²) >= 11 is 6.55. The SMILES string of the molecule is CC(C)(Oc1ccc(C2Nc3ccc(OC(F)(F)F)cc3C3C=CCC32)c(Cl)c1)C(=O)O. The number of allylic oxidation sites excluding steroid dienone is 2. The Bertz CT molecular complexity index is 1080. The van der Waals surface area contributed by atoms with Gasteiger partial charge in [0.15, 0.2) is 5.60 Å². The Balaban J connectivity index is 1.63. The number of aliphatic carboxylic acids is 1. The molecule has 170 valence electrons.